The van der Waals surface area contributed by atoms with Crippen LogP contribution in [0.3, 0.4) is 0 Å². The maximum Gasteiger partial charge on any atom is 2.00 e. The van der Waals surface area contributed by atoms with Gasteiger partial charge in [-0.1, -0.05) is 0 Å². The number of hydrogen-bond acceptors (Lipinski definition) is 0. The number of hydrogen-bond donors (Lipinski definition) is 0. The van der Waals surface area contributed by atoms with Crippen molar-refractivity contribution in [3.63, 3.8) is 0 Å². The van der Waals surface area contributed by atoms with Crippen LogP contribution >= 0.6 is 23.2 Å². The summed E-state index contributed by atoms with van der Waals surface area (Å²) in [6, 6.07) is 0. The van der Waals surface area contributed by atoms with E-state index in [0.717, 1.165) is 0 Å². The molecule has 5 heavy (non-hydrogen) atoms. The van der Waals surface area contributed by atoms with Crippen LogP contribution in [0.15, 0.2) is 0 Å². The second-order valence-electron chi connectivity index (χ2n) is 0.378. The molecule has 0 fully saturated rings. The summed E-state index contributed by atoms with van der Waals surface area (Å²) in [4.78, 5) is 0. The summed E-state index contributed by atoms with van der Waals surface area (Å²) in [5, 5.41) is 0. The summed E-state index contributed by atoms with van der Waals surface area (Å²) in [6.07, 6.45) is 0. The van der Waals surface area contributed by atoms with Crippen LogP contribution in [0.1, 0.15) is 2.85 Å². The minimum absolute atomic E-state index is 0. The third kappa shape index (κ3) is 10.9. The molecule has 0 spiro atoms. The van der Waals surface area contributed by atoms with E-state index in [2.05, 4.69) is 0 Å². The topological polar surface area (TPSA) is 0 Å². The summed E-state index contributed by atoms with van der Waals surface area (Å²) >= 11 is 10.1. The standard InChI is InChI=1S/C2H4Cl2.Mg.2H/c3-1-2-4;;;/h1-2H2;;;/q;+2;2*-1. The molecule has 0 aromatic heterocycles. The van der Waals surface area contributed by atoms with Crippen molar-refractivity contribution in [2.75, 3.05) is 11.8 Å². The van der Waals surface area contributed by atoms with Gasteiger partial charge in [-0.25, -0.2) is 0 Å². The van der Waals surface area contributed by atoms with Gasteiger partial charge in [-0.2, -0.15) is 0 Å². The second-order valence-corrected chi connectivity index (χ2v) is 1.13. The van der Waals surface area contributed by atoms with E-state index in [1.807, 2.05) is 0 Å². The van der Waals surface area contributed by atoms with Crippen LogP contribution in [-0.2, 0) is 0 Å². The van der Waals surface area contributed by atoms with Gasteiger partial charge in [-0.15, -0.1) is 23.2 Å². The maximum absolute atomic E-state index is 5.05. The number of halogens is 2. The Hall–Kier alpha value is 1.35. The first kappa shape index (κ1) is 9.60. The molecule has 0 N–H and O–H groups in total. The molecule has 0 aromatic carbocycles. The van der Waals surface area contributed by atoms with Crippen molar-refractivity contribution in [2.45, 2.75) is 0 Å². The molecule has 0 aliphatic rings. The third-order valence-corrected chi connectivity index (χ3v) is 0.643. The largest absolute Gasteiger partial charge is 2.00 e. The predicted molar refractivity (Wildman–Crippen MR) is 29.4 cm³/mol. The fraction of sp³-hybridized carbons (Fsp3) is 1.00. The molecule has 0 heterocycles. The molecule has 30 valence electrons. The van der Waals surface area contributed by atoms with Gasteiger partial charge < -0.3 is 2.85 Å². The smallest absolute Gasteiger partial charge is 1.00 e. The zero-order chi connectivity index (χ0) is 3.41. The van der Waals surface area contributed by atoms with E-state index in [-0.39, 0.29) is 25.9 Å². The Kier molecular flexibility index (Phi) is 17.3. The van der Waals surface area contributed by atoms with Crippen molar-refractivity contribution in [1.29, 1.82) is 0 Å². The second kappa shape index (κ2) is 9.02. The van der Waals surface area contributed by atoms with E-state index in [1.165, 1.54) is 0 Å². The van der Waals surface area contributed by atoms with Crippen LogP contribution in [0.5, 0.6) is 0 Å². The monoisotopic (exact) mass is 124 g/mol. The molecule has 0 radical (unpaired) electrons. The summed E-state index contributed by atoms with van der Waals surface area (Å²) < 4.78 is 0. The maximum atomic E-state index is 5.05. The molecular formula is C2H6Cl2Mg. The Morgan fingerprint density at radius 2 is 1.40 bits per heavy atom. The molecule has 3 heteroatoms. The minimum Gasteiger partial charge on any atom is -1.00 e. The number of alkyl halides is 2. The van der Waals surface area contributed by atoms with E-state index in [1.54, 1.807) is 0 Å². The Morgan fingerprint density at radius 3 is 1.40 bits per heavy atom. The van der Waals surface area contributed by atoms with E-state index < -0.39 is 0 Å². The normalized spacial score (nSPS) is 6.00. The average molecular weight is 125 g/mol. The molecule has 0 nitrogen and oxygen atoms in total. The molecule has 0 aromatic rings. The molecule has 0 unspecified atom stereocenters. The Balaban J connectivity index is -0.0000000150. The van der Waals surface area contributed by atoms with E-state index in [0.29, 0.717) is 11.8 Å². The van der Waals surface area contributed by atoms with Crippen LogP contribution < -0.4 is 0 Å². The average Bonchev–Trinajstić information content (AvgIpc) is 1.37. The van der Waals surface area contributed by atoms with Crippen molar-refractivity contribution in [1.82, 2.24) is 0 Å². The van der Waals surface area contributed by atoms with Crippen LogP contribution in [0, 0.1) is 0 Å². The van der Waals surface area contributed by atoms with Gasteiger partial charge in [0, 0.05) is 11.8 Å². The summed E-state index contributed by atoms with van der Waals surface area (Å²) in [5.74, 6) is 1.11. The van der Waals surface area contributed by atoms with Crippen LogP contribution in [0.2, 0.25) is 0 Å². The Bertz CT molecular complexity index is 15.7. The van der Waals surface area contributed by atoms with Gasteiger partial charge in [0.25, 0.3) is 0 Å². The van der Waals surface area contributed by atoms with E-state index in [4.69, 9.17) is 23.2 Å². The molecule has 0 aliphatic heterocycles. The summed E-state index contributed by atoms with van der Waals surface area (Å²) in [7, 11) is 0. The summed E-state index contributed by atoms with van der Waals surface area (Å²) in [5.41, 5.74) is 0. The van der Waals surface area contributed by atoms with E-state index in [9.17, 15) is 0 Å². The minimum atomic E-state index is 0. The van der Waals surface area contributed by atoms with Gasteiger partial charge >= 0.3 is 23.1 Å². The third-order valence-electron chi connectivity index (χ3n) is 0.0714. The predicted octanol–water partition coefficient (Wildman–Crippen LogP) is 1.31. The van der Waals surface area contributed by atoms with E-state index >= 15 is 0 Å². The van der Waals surface area contributed by atoms with Crippen LogP contribution in [-0.4, -0.2) is 34.8 Å². The van der Waals surface area contributed by atoms with Gasteiger partial charge in [0.15, 0.2) is 0 Å². The zero-order valence-electron chi connectivity index (χ0n) is 4.88. The van der Waals surface area contributed by atoms with Crippen molar-refractivity contribution in [2.24, 2.45) is 0 Å². The molecule has 0 bridgehead atoms. The molecule has 0 atom stereocenters. The van der Waals surface area contributed by atoms with Gasteiger partial charge in [0.05, 0.1) is 0 Å². The van der Waals surface area contributed by atoms with Gasteiger partial charge in [0.1, 0.15) is 0 Å². The van der Waals surface area contributed by atoms with Gasteiger partial charge in [-0.3, -0.25) is 0 Å². The molecule has 0 amide bonds. The first-order valence-corrected chi connectivity index (χ1v) is 2.10. The first-order valence-electron chi connectivity index (χ1n) is 1.03. The van der Waals surface area contributed by atoms with Gasteiger partial charge in [0.2, 0.25) is 0 Å². The summed E-state index contributed by atoms with van der Waals surface area (Å²) in [6.45, 7) is 0. The first-order chi connectivity index (χ1) is 1.91. The van der Waals surface area contributed by atoms with Crippen LogP contribution in [0.25, 0.3) is 0 Å². The van der Waals surface area contributed by atoms with Gasteiger partial charge in [-0.05, 0) is 0 Å². The molecule has 0 saturated carbocycles. The Morgan fingerprint density at radius 1 is 1.20 bits per heavy atom. The van der Waals surface area contributed by atoms with Crippen LogP contribution in [0.4, 0.5) is 0 Å². The molecule has 0 rings (SSSR count). The Labute approximate surface area is 61.0 Å². The van der Waals surface area contributed by atoms with Crippen molar-refractivity contribution in [3.05, 3.63) is 0 Å². The zero-order valence-corrected chi connectivity index (χ0v) is 5.80. The fourth-order valence-corrected chi connectivity index (χ4v) is 0. The fourth-order valence-electron chi connectivity index (χ4n) is 0. The SMILES string of the molecule is ClCCCl.[H-].[H-].[Mg+2]. The van der Waals surface area contributed by atoms with Crippen molar-refractivity contribution >= 4 is 46.3 Å². The number of rotatable bonds is 1. The van der Waals surface area contributed by atoms with Crippen molar-refractivity contribution < 1.29 is 2.85 Å². The quantitative estimate of drug-likeness (QED) is 0.366. The molecule has 0 aliphatic carbocycles. The van der Waals surface area contributed by atoms with Crippen molar-refractivity contribution in [3.8, 4) is 0 Å². The molecule has 0 saturated heterocycles. The molecular weight excluding hydrogens is 119 g/mol.